The van der Waals surface area contributed by atoms with Crippen LogP contribution in [0, 0.1) is 0 Å². The average Bonchev–Trinajstić information content (AvgIpc) is 2.34. The lowest BCUT2D eigenvalue weighted by Gasteiger charge is -2.19. The van der Waals surface area contributed by atoms with Crippen LogP contribution in [0.25, 0.3) is 0 Å². The van der Waals surface area contributed by atoms with Gasteiger partial charge in [0.05, 0.1) is 20.8 Å². The normalized spacial score (nSPS) is 9.35. The molecule has 0 aliphatic rings. The van der Waals surface area contributed by atoms with Gasteiger partial charge in [0.15, 0.2) is 0 Å². The Kier molecular flexibility index (Phi) is 7.44. The molecule has 0 saturated carbocycles. The van der Waals surface area contributed by atoms with Crippen LogP contribution in [0.15, 0.2) is 0 Å². The van der Waals surface area contributed by atoms with Crippen molar-refractivity contribution in [3.63, 3.8) is 0 Å². The first kappa shape index (κ1) is 15.2. The number of carbonyl (C=O) groups is 3. The van der Waals surface area contributed by atoms with E-state index in [2.05, 4.69) is 14.2 Å². The highest BCUT2D eigenvalue weighted by Crippen LogP contribution is 1.96. The van der Waals surface area contributed by atoms with Gasteiger partial charge in [0, 0.05) is 0 Å². The van der Waals surface area contributed by atoms with E-state index in [9.17, 15) is 14.4 Å². The van der Waals surface area contributed by atoms with E-state index in [1.807, 2.05) is 0 Å². The standard InChI is InChI=1S/C9H15NO7/c1-15-7(12)5-10(6-8(13)16-2)9(14)17-4-3-11/h11H,3-6H2,1-2H3. The zero-order valence-corrected chi connectivity index (χ0v) is 9.67. The quantitative estimate of drug-likeness (QED) is 0.464. The first-order chi connectivity index (χ1) is 8.04. The summed E-state index contributed by atoms with van der Waals surface area (Å²) in [4.78, 5) is 34.2. The van der Waals surface area contributed by atoms with Crippen LogP contribution in [-0.2, 0) is 23.8 Å². The second kappa shape index (κ2) is 8.34. The highest BCUT2D eigenvalue weighted by molar-refractivity contribution is 5.82. The molecule has 98 valence electrons. The summed E-state index contributed by atoms with van der Waals surface area (Å²) in [5, 5.41) is 8.47. The minimum Gasteiger partial charge on any atom is -0.468 e. The van der Waals surface area contributed by atoms with E-state index in [-0.39, 0.29) is 13.2 Å². The van der Waals surface area contributed by atoms with Crippen molar-refractivity contribution in [2.24, 2.45) is 0 Å². The second-order valence-corrected chi connectivity index (χ2v) is 2.85. The van der Waals surface area contributed by atoms with Crippen LogP contribution in [0.5, 0.6) is 0 Å². The molecule has 0 aromatic heterocycles. The fourth-order valence-corrected chi connectivity index (χ4v) is 0.850. The molecule has 1 N–H and O–H groups in total. The third kappa shape index (κ3) is 6.36. The molecule has 8 heteroatoms. The van der Waals surface area contributed by atoms with Crippen LogP contribution in [0.3, 0.4) is 0 Å². The van der Waals surface area contributed by atoms with Gasteiger partial charge in [-0.1, -0.05) is 0 Å². The molecule has 0 radical (unpaired) electrons. The third-order valence-corrected chi connectivity index (χ3v) is 1.67. The molecule has 0 spiro atoms. The summed E-state index contributed by atoms with van der Waals surface area (Å²) >= 11 is 0. The largest absolute Gasteiger partial charge is 0.468 e. The van der Waals surface area contributed by atoms with E-state index < -0.39 is 31.1 Å². The molecule has 0 aliphatic carbocycles. The zero-order valence-electron chi connectivity index (χ0n) is 9.67. The molecule has 0 saturated heterocycles. The van der Waals surface area contributed by atoms with E-state index in [4.69, 9.17) is 5.11 Å². The minimum absolute atomic E-state index is 0.225. The van der Waals surface area contributed by atoms with Crippen molar-refractivity contribution >= 4 is 18.0 Å². The van der Waals surface area contributed by atoms with Gasteiger partial charge in [-0.05, 0) is 0 Å². The Balaban J connectivity index is 4.42. The number of hydrogen-bond acceptors (Lipinski definition) is 7. The summed E-state index contributed by atoms with van der Waals surface area (Å²) in [6.07, 6.45) is -0.908. The van der Waals surface area contributed by atoms with Crippen molar-refractivity contribution < 1.29 is 33.7 Å². The fourth-order valence-electron chi connectivity index (χ4n) is 0.850. The maximum absolute atomic E-state index is 11.4. The third-order valence-electron chi connectivity index (χ3n) is 1.67. The van der Waals surface area contributed by atoms with Gasteiger partial charge in [-0.15, -0.1) is 0 Å². The van der Waals surface area contributed by atoms with E-state index in [1.165, 1.54) is 0 Å². The highest BCUT2D eigenvalue weighted by Gasteiger charge is 2.22. The van der Waals surface area contributed by atoms with Gasteiger partial charge in [0.25, 0.3) is 0 Å². The molecule has 0 rings (SSSR count). The zero-order chi connectivity index (χ0) is 13.3. The molecule has 0 heterocycles. The highest BCUT2D eigenvalue weighted by atomic mass is 16.6. The molecule has 1 amide bonds. The van der Waals surface area contributed by atoms with Crippen LogP contribution < -0.4 is 0 Å². The minimum atomic E-state index is -0.908. The smallest absolute Gasteiger partial charge is 0.410 e. The summed E-state index contributed by atoms with van der Waals surface area (Å²) in [6.45, 7) is -1.45. The van der Waals surface area contributed by atoms with Gasteiger partial charge >= 0.3 is 18.0 Å². The molecular weight excluding hydrogens is 234 g/mol. The Morgan fingerprint density at radius 2 is 1.53 bits per heavy atom. The SMILES string of the molecule is COC(=O)CN(CC(=O)OC)C(=O)OCCO. The number of aliphatic hydroxyl groups is 1. The van der Waals surface area contributed by atoms with E-state index >= 15 is 0 Å². The maximum Gasteiger partial charge on any atom is 0.410 e. The van der Waals surface area contributed by atoms with Crippen molar-refractivity contribution in [1.29, 1.82) is 0 Å². The van der Waals surface area contributed by atoms with Gasteiger partial charge in [-0.3, -0.25) is 14.5 Å². The van der Waals surface area contributed by atoms with Crippen LogP contribution in [0.4, 0.5) is 4.79 Å². The number of aliphatic hydroxyl groups excluding tert-OH is 1. The number of methoxy groups -OCH3 is 2. The Morgan fingerprint density at radius 3 is 1.88 bits per heavy atom. The van der Waals surface area contributed by atoms with Crippen LogP contribution in [0.1, 0.15) is 0 Å². The van der Waals surface area contributed by atoms with Crippen LogP contribution in [-0.4, -0.2) is 68.6 Å². The Morgan fingerprint density at radius 1 is 1.06 bits per heavy atom. The lowest BCUT2D eigenvalue weighted by atomic mass is 10.5. The van der Waals surface area contributed by atoms with E-state index in [0.717, 1.165) is 19.1 Å². The second-order valence-electron chi connectivity index (χ2n) is 2.85. The predicted octanol–water partition coefficient (Wildman–Crippen LogP) is -1.24. The molecule has 0 fully saturated rings. The number of rotatable bonds is 6. The summed E-state index contributed by atoms with van der Waals surface area (Å²) < 4.78 is 13.3. The summed E-state index contributed by atoms with van der Waals surface area (Å²) in [6, 6.07) is 0. The lowest BCUT2D eigenvalue weighted by Crippen LogP contribution is -2.40. The van der Waals surface area contributed by atoms with E-state index in [1.54, 1.807) is 0 Å². The number of esters is 2. The van der Waals surface area contributed by atoms with Crippen LogP contribution >= 0.6 is 0 Å². The summed E-state index contributed by atoms with van der Waals surface area (Å²) in [7, 11) is 2.30. The number of ether oxygens (including phenoxy) is 3. The van der Waals surface area contributed by atoms with Crippen molar-refractivity contribution in [1.82, 2.24) is 4.90 Å². The summed E-state index contributed by atoms with van der Waals surface area (Å²) in [5.41, 5.74) is 0. The molecule has 0 unspecified atom stereocenters. The Labute approximate surface area is 98.0 Å². The first-order valence-electron chi connectivity index (χ1n) is 4.71. The number of amides is 1. The van der Waals surface area contributed by atoms with Gasteiger partial charge in [0.2, 0.25) is 0 Å². The monoisotopic (exact) mass is 249 g/mol. The van der Waals surface area contributed by atoms with E-state index in [0.29, 0.717) is 0 Å². The fraction of sp³-hybridized carbons (Fsp3) is 0.667. The molecule has 0 aromatic rings. The van der Waals surface area contributed by atoms with Crippen molar-refractivity contribution in [2.75, 3.05) is 40.5 Å². The summed E-state index contributed by atoms with van der Waals surface area (Å²) in [5.74, 6) is -1.40. The molecule has 0 aliphatic heterocycles. The first-order valence-corrected chi connectivity index (χ1v) is 4.71. The van der Waals surface area contributed by atoms with Gasteiger partial charge < -0.3 is 19.3 Å². The van der Waals surface area contributed by atoms with Gasteiger partial charge in [-0.2, -0.15) is 0 Å². The van der Waals surface area contributed by atoms with Crippen molar-refractivity contribution in [3.05, 3.63) is 0 Å². The predicted molar refractivity (Wildman–Crippen MR) is 54.0 cm³/mol. The van der Waals surface area contributed by atoms with Crippen molar-refractivity contribution in [3.8, 4) is 0 Å². The molecule has 0 atom stereocenters. The number of nitrogens with zero attached hydrogens (tertiary/aromatic N) is 1. The molecule has 0 bridgehead atoms. The Hall–Kier alpha value is -1.83. The molecule has 8 nitrogen and oxygen atoms in total. The number of carbonyl (C=O) groups excluding carboxylic acids is 3. The molecule has 17 heavy (non-hydrogen) atoms. The van der Waals surface area contributed by atoms with Crippen LogP contribution in [0.2, 0.25) is 0 Å². The average molecular weight is 249 g/mol. The molecular formula is C9H15NO7. The number of hydrogen-bond donors (Lipinski definition) is 1. The lowest BCUT2D eigenvalue weighted by molar-refractivity contribution is -0.145. The Bertz CT molecular complexity index is 261. The maximum atomic E-state index is 11.4. The van der Waals surface area contributed by atoms with Gasteiger partial charge in [0.1, 0.15) is 19.7 Å². The molecule has 0 aromatic carbocycles. The van der Waals surface area contributed by atoms with Gasteiger partial charge in [-0.25, -0.2) is 4.79 Å². The van der Waals surface area contributed by atoms with Crippen molar-refractivity contribution in [2.45, 2.75) is 0 Å². The topological polar surface area (TPSA) is 102 Å².